The Morgan fingerprint density at radius 2 is 2.19 bits per heavy atom. The van der Waals surface area contributed by atoms with Gasteiger partial charge in [0, 0.05) is 19.1 Å². The van der Waals surface area contributed by atoms with Crippen molar-refractivity contribution < 1.29 is 12.8 Å². The van der Waals surface area contributed by atoms with E-state index in [4.69, 9.17) is 5.73 Å². The van der Waals surface area contributed by atoms with Crippen molar-refractivity contribution >= 4 is 15.7 Å². The van der Waals surface area contributed by atoms with Gasteiger partial charge in [-0.1, -0.05) is 0 Å². The lowest BCUT2D eigenvalue weighted by molar-refractivity contribution is 0.265. The van der Waals surface area contributed by atoms with E-state index in [1.807, 2.05) is 0 Å². The van der Waals surface area contributed by atoms with E-state index in [0.717, 1.165) is 31.6 Å². The lowest BCUT2D eigenvalue weighted by Crippen LogP contribution is -2.33. The first-order valence-corrected chi connectivity index (χ1v) is 8.56. The fourth-order valence-electron chi connectivity index (χ4n) is 2.57. The summed E-state index contributed by atoms with van der Waals surface area (Å²) >= 11 is 0. The van der Waals surface area contributed by atoms with Gasteiger partial charge < -0.3 is 10.6 Å². The second-order valence-electron chi connectivity index (χ2n) is 5.78. The highest BCUT2D eigenvalue weighted by Crippen LogP contribution is 2.21. The number of rotatable bonds is 5. The highest BCUT2D eigenvalue weighted by Gasteiger charge is 2.26. The first kappa shape index (κ1) is 16.2. The minimum absolute atomic E-state index is 0.0670. The van der Waals surface area contributed by atoms with E-state index >= 15 is 0 Å². The maximum absolute atomic E-state index is 13.0. The van der Waals surface area contributed by atoms with Crippen LogP contribution in [0.1, 0.15) is 20.3 Å². The van der Waals surface area contributed by atoms with Crippen LogP contribution >= 0.6 is 0 Å². The number of nitrogens with one attached hydrogen (secondary N) is 1. The van der Waals surface area contributed by atoms with Gasteiger partial charge in [0.25, 0.3) is 0 Å². The molecule has 2 rings (SSSR count). The molecule has 5 nitrogen and oxygen atoms in total. The molecule has 0 bridgehead atoms. The molecule has 7 heteroatoms. The first-order chi connectivity index (χ1) is 9.79. The summed E-state index contributed by atoms with van der Waals surface area (Å²) in [6.45, 7) is 6.52. The topological polar surface area (TPSA) is 75.4 Å². The Kier molecular flexibility index (Phi) is 4.85. The molecule has 1 unspecified atom stereocenters. The van der Waals surface area contributed by atoms with Crippen molar-refractivity contribution in [2.45, 2.75) is 31.2 Å². The lowest BCUT2D eigenvalue weighted by Gasteiger charge is -2.20. The van der Waals surface area contributed by atoms with E-state index < -0.39 is 15.8 Å². The number of nitrogens with two attached hydrogens (primary N) is 1. The minimum atomic E-state index is -3.69. The van der Waals surface area contributed by atoms with Crippen molar-refractivity contribution in [2.75, 3.05) is 25.4 Å². The number of likely N-dealkylation sites (tertiary alicyclic amines) is 1. The van der Waals surface area contributed by atoms with Gasteiger partial charge in [0.2, 0.25) is 10.0 Å². The molecule has 1 saturated heterocycles. The Balaban J connectivity index is 1.99. The van der Waals surface area contributed by atoms with Crippen LogP contribution in [0.3, 0.4) is 0 Å². The maximum Gasteiger partial charge on any atom is 0.242 e. The van der Waals surface area contributed by atoms with Gasteiger partial charge in [-0.3, -0.25) is 0 Å². The molecule has 118 valence electrons. The van der Waals surface area contributed by atoms with Crippen molar-refractivity contribution in [1.29, 1.82) is 0 Å². The highest BCUT2D eigenvalue weighted by atomic mass is 32.2. The summed E-state index contributed by atoms with van der Waals surface area (Å²) < 4.78 is 40.0. The number of nitrogen functional groups attached to an aromatic ring is 1. The second-order valence-corrected chi connectivity index (χ2v) is 7.51. The van der Waals surface area contributed by atoms with Gasteiger partial charge in [-0.15, -0.1) is 0 Å². The van der Waals surface area contributed by atoms with Gasteiger partial charge in [0.1, 0.15) is 10.7 Å². The van der Waals surface area contributed by atoms with Crippen LogP contribution < -0.4 is 10.5 Å². The zero-order valence-corrected chi connectivity index (χ0v) is 13.2. The normalized spacial score (nSPS) is 20.3. The van der Waals surface area contributed by atoms with Crippen molar-refractivity contribution in [3.05, 3.63) is 24.0 Å². The van der Waals surface area contributed by atoms with Crippen LogP contribution in [0.4, 0.5) is 10.1 Å². The fraction of sp³-hybridized carbons (Fsp3) is 0.571. The molecule has 1 aliphatic rings. The van der Waals surface area contributed by atoms with Gasteiger partial charge >= 0.3 is 0 Å². The van der Waals surface area contributed by atoms with Crippen LogP contribution in [0, 0.1) is 11.7 Å². The molecule has 0 radical (unpaired) electrons. The van der Waals surface area contributed by atoms with Gasteiger partial charge in [0.05, 0.1) is 5.69 Å². The van der Waals surface area contributed by atoms with Gasteiger partial charge in [-0.2, -0.15) is 0 Å². The van der Waals surface area contributed by atoms with Crippen LogP contribution in [0.25, 0.3) is 0 Å². The highest BCUT2D eigenvalue weighted by molar-refractivity contribution is 7.89. The summed E-state index contributed by atoms with van der Waals surface area (Å²) in [6, 6.07) is 3.78. The number of hydrogen-bond acceptors (Lipinski definition) is 4. The number of anilines is 1. The summed E-state index contributed by atoms with van der Waals surface area (Å²) in [4.78, 5) is 2.26. The smallest absolute Gasteiger partial charge is 0.242 e. The van der Waals surface area contributed by atoms with Gasteiger partial charge in [-0.05, 0) is 50.9 Å². The number of benzene rings is 1. The van der Waals surface area contributed by atoms with Crippen LogP contribution in [0.5, 0.6) is 0 Å². The molecule has 1 heterocycles. The number of nitrogens with zero attached hydrogens (tertiary/aromatic N) is 1. The molecule has 1 aliphatic heterocycles. The molecule has 3 N–H and O–H groups in total. The predicted molar refractivity (Wildman–Crippen MR) is 80.8 cm³/mol. The van der Waals surface area contributed by atoms with E-state index in [9.17, 15) is 12.8 Å². The number of halogens is 1. The van der Waals surface area contributed by atoms with E-state index in [1.54, 1.807) is 0 Å². The van der Waals surface area contributed by atoms with Crippen LogP contribution in [-0.2, 0) is 10.0 Å². The average molecular weight is 315 g/mol. The number of sulfonamides is 1. The third-order valence-corrected chi connectivity index (χ3v) is 5.37. The third-order valence-electron chi connectivity index (χ3n) is 3.87. The Bertz CT molecular complexity index is 604. The number of hydrogen-bond donors (Lipinski definition) is 2. The van der Waals surface area contributed by atoms with Crippen LogP contribution in [0.15, 0.2) is 23.1 Å². The second kappa shape index (κ2) is 6.29. The Labute approximate surface area is 125 Å². The van der Waals surface area contributed by atoms with Crippen molar-refractivity contribution in [2.24, 2.45) is 5.92 Å². The molecule has 21 heavy (non-hydrogen) atoms. The lowest BCUT2D eigenvalue weighted by atomic mass is 10.1. The maximum atomic E-state index is 13.0. The average Bonchev–Trinajstić information content (AvgIpc) is 2.85. The summed E-state index contributed by atoms with van der Waals surface area (Å²) in [5, 5.41) is 0. The van der Waals surface area contributed by atoms with E-state index in [1.165, 1.54) is 6.07 Å². The molecule has 0 aliphatic carbocycles. The molecule has 0 amide bonds. The van der Waals surface area contributed by atoms with E-state index in [0.29, 0.717) is 18.5 Å². The largest absolute Gasteiger partial charge is 0.398 e. The summed E-state index contributed by atoms with van der Waals surface area (Å²) in [5.41, 5.74) is 5.51. The molecule has 0 saturated carbocycles. The molecule has 1 aromatic carbocycles. The Morgan fingerprint density at radius 3 is 2.76 bits per heavy atom. The van der Waals surface area contributed by atoms with Crippen molar-refractivity contribution in [1.82, 2.24) is 9.62 Å². The van der Waals surface area contributed by atoms with E-state index in [2.05, 4.69) is 23.5 Å². The monoisotopic (exact) mass is 315 g/mol. The first-order valence-electron chi connectivity index (χ1n) is 7.08. The minimum Gasteiger partial charge on any atom is -0.398 e. The molecule has 1 fully saturated rings. The molecule has 1 atom stereocenters. The molecular formula is C14H22FN3O2S. The zero-order valence-electron chi connectivity index (χ0n) is 12.3. The molecule has 0 aromatic heterocycles. The van der Waals surface area contributed by atoms with E-state index in [-0.39, 0.29) is 10.6 Å². The summed E-state index contributed by atoms with van der Waals surface area (Å²) in [7, 11) is -3.69. The van der Waals surface area contributed by atoms with Gasteiger partial charge in [-0.25, -0.2) is 17.5 Å². The third kappa shape index (κ3) is 3.93. The van der Waals surface area contributed by atoms with Crippen LogP contribution in [0.2, 0.25) is 0 Å². The SMILES string of the molecule is CC(C)N1CCC(CNS(=O)(=O)c2ccc(F)cc2N)C1. The predicted octanol–water partition coefficient (Wildman–Crippen LogP) is 1.42. The molecule has 1 aromatic rings. The summed E-state index contributed by atoms with van der Waals surface area (Å²) in [5.74, 6) is -0.251. The summed E-state index contributed by atoms with van der Waals surface area (Å²) in [6.07, 6.45) is 0.972. The zero-order chi connectivity index (χ0) is 15.6. The molecule has 0 spiro atoms. The molecular weight excluding hydrogens is 293 g/mol. The Morgan fingerprint density at radius 1 is 1.48 bits per heavy atom. The Hall–Kier alpha value is -1.18. The van der Waals surface area contributed by atoms with Crippen LogP contribution in [-0.4, -0.2) is 39.0 Å². The van der Waals surface area contributed by atoms with Crippen molar-refractivity contribution in [3.63, 3.8) is 0 Å². The standard InChI is InChI=1S/C14H22FN3O2S/c1-10(2)18-6-5-11(9-18)8-17-21(19,20)14-4-3-12(15)7-13(14)16/h3-4,7,10-11,17H,5-6,8-9,16H2,1-2H3. The van der Waals surface area contributed by atoms with Gasteiger partial charge in [0.15, 0.2) is 0 Å². The van der Waals surface area contributed by atoms with Crippen molar-refractivity contribution in [3.8, 4) is 0 Å². The fourth-order valence-corrected chi connectivity index (χ4v) is 3.79. The quantitative estimate of drug-likeness (QED) is 0.806.